The molecule has 2 N–H and O–H groups in total. The number of furan rings is 1. The van der Waals surface area contributed by atoms with E-state index in [9.17, 15) is 4.79 Å². The maximum atomic E-state index is 12.4. The minimum absolute atomic E-state index is 0.181. The van der Waals surface area contributed by atoms with Gasteiger partial charge in [0.2, 0.25) is 0 Å². The summed E-state index contributed by atoms with van der Waals surface area (Å²) in [4.78, 5) is 19.2. The van der Waals surface area contributed by atoms with Gasteiger partial charge < -0.3 is 15.1 Å². The molecule has 2 aromatic heterocycles. The molecule has 0 aliphatic carbocycles. The van der Waals surface area contributed by atoms with Crippen molar-refractivity contribution in [2.24, 2.45) is 0 Å². The van der Waals surface area contributed by atoms with Gasteiger partial charge in [-0.25, -0.2) is 4.79 Å². The first-order valence-electron chi connectivity index (χ1n) is 9.36. The van der Waals surface area contributed by atoms with Crippen molar-refractivity contribution in [1.82, 2.24) is 15.2 Å². The highest BCUT2D eigenvalue weighted by atomic mass is 16.3. The van der Waals surface area contributed by atoms with Crippen molar-refractivity contribution in [2.45, 2.75) is 32.4 Å². The van der Waals surface area contributed by atoms with Gasteiger partial charge in [0.05, 0.1) is 11.4 Å². The quantitative estimate of drug-likeness (QED) is 0.736. The number of nitrogens with zero attached hydrogens (tertiary/aromatic N) is 2. The third-order valence-corrected chi connectivity index (χ3v) is 4.95. The fraction of sp³-hybridized carbons (Fsp3) is 0.333. The second kappa shape index (κ2) is 7.80. The van der Waals surface area contributed by atoms with Gasteiger partial charge >= 0.3 is 6.03 Å². The normalized spacial score (nSPS) is 15.7. The number of benzene rings is 1. The van der Waals surface area contributed by atoms with E-state index in [0.717, 1.165) is 54.9 Å². The number of aromatic nitrogens is 1. The standard InChI is InChI=1S/C21H24N4O2/c1-15-13-16-5-4-7-19(20(16)27-15)24-21(26)23-17-8-11-25(12-9-17)14-18-6-2-3-10-22-18/h2-7,10,13,17H,8-9,11-12,14H2,1H3,(H2,23,24,26). The lowest BCUT2D eigenvalue weighted by Gasteiger charge is -2.32. The molecule has 2 amide bonds. The zero-order valence-corrected chi connectivity index (χ0v) is 15.4. The lowest BCUT2D eigenvalue weighted by Crippen LogP contribution is -2.45. The van der Waals surface area contributed by atoms with Crippen molar-refractivity contribution < 1.29 is 9.21 Å². The number of urea groups is 1. The Labute approximate surface area is 158 Å². The number of hydrogen-bond acceptors (Lipinski definition) is 4. The van der Waals surface area contributed by atoms with Gasteiger partial charge in [-0.05, 0) is 44.0 Å². The Morgan fingerprint density at radius 1 is 1.22 bits per heavy atom. The van der Waals surface area contributed by atoms with Crippen molar-refractivity contribution in [2.75, 3.05) is 18.4 Å². The van der Waals surface area contributed by atoms with Crippen LogP contribution in [0.25, 0.3) is 11.0 Å². The molecular weight excluding hydrogens is 340 g/mol. The largest absolute Gasteiger partial charge is 0.459 e. The van der Waals surface area contributed by atoms with Crippen molar-refractivity contribution in [3.8, 4) is 0 Å². The molecule has 0 saturated carbocycles. The first kappa shape index (κ1) is 17.5. The molecule has 140 valence electrons. The molecular formula is C21H24N4O2. The number of likely N-dealkylation sites (tertiary alicyclic amines) is 1. The molecule has 1 saturated heterocycles. The SMILES string of the molecule is Cc1cc2cccc(NC(=O)NC3CCN(Cc4ccccn4)CC3)c2o1. The van der Waals surface area contributed by atoms with Crippen LogP contribution in [-0.4, -0.2) is 35.0 Å². The summed E-state index contributed by atoms with van der Waals surface area (Å²) in [6.45, 7) is 4.67. The van der Waals surface area contributed by atoms with E-state index in [1.165, 1.54) is 0 Å². The van der Waals surface area contributed by atoms with E-state index in [2.05, 4.69) is 26.6 Å². The van der Waals surface area contributed by atoms with Crippen molar-refractivity contribution in [3.63, 3.8) is 0 Å². The third kappa shape index (κ3) is 4.28. The smallest absolute Gasteiger partial charge is 0.319 e. The Balaban J connectivity index is 1.29. The summed E-state index contributed by atoms with van der Waals surface area (Å²) < 4.78 is 5.71. The lowest BCUT2D eigenvalue weighted by atomic mass is 10.1. The average molecular weight is 364 g/mol. The lowest BCUT2D eigenvalue weighted by molar-refractivity contribution is 0.188. The highest BCUT2D eigenvalue weighted by Crippen LogP contribution is 2.26. The number of piperidine rings is 1. The van der Waals surface area contributed by atoms with Crippen molar-refractivity contribution in [1.29, 1.82) is 0 Å². The summed E-state index contributed by atoms with van der Waals surface area (Å²) in [5, 5.41) is 7.01. The van der Waals surface area contributed by atoms with E-state index in [4.69, 9.17) is 4.42 Å². The molecule has 6 heteroatoms. The van der Waals surface area contributed by atoms with E-state index < -0.39 is 0 Å². The van der Waals surface area contributed by atoms with E-state index >= 15 is 0 Å². The molecule has 1 fully saturated rings. The van der Waals surface area contributed by atoms with Gasteiger partial charge in [-0.2, -0.15) is 0 Å². The molecule has 3 aromatic rings. The van der Waals surface area contributed by atoms with Gasteiger partial charge in [-0.3, -0.25) is 9.88 Å². The van der Waals surface area contributed by atoms with Crippen LogP contribution < -0.4 is 10.6 Å². The summed E-state index contributed by atoms with van der Waals surface area (Å²) in [7, 11) is 0. The highest BCUT2D eigenvalue weighted by Gasteiger charge is 2.21. The molecule has 1 aromatic carbocycles. The van der Waals surface area contributed by atoms with Crippen LogP contribution in [-0.2, 0) is 6.54 Å². The predicted octanol–water partition coefficient (Wildman–Crippen LogP) is 3.92. The Morgan fingerprint density at radius 3 is 2.85 bits per heavy atom. The van der Waals surface area contributed by atoms with Gasteiger partial charge in [-0.1, -0.05) is 18.2 Å². The van der Waals surface area contributed by atoms with E-state index in [1.807, 2.05) is 49.5 Å². The number of carbonyl (C=O) groups is 1. The molecule has 0 atom stereocenters. The summed E-state index contributed by atoms with van der Waals surface area (Å²) in [5.74, 6) is 0.833. The monoisotopic (exact) mass is 364 g/mol. The van der Waals surface area contributed by atoms with E-state index in [0.29, 0.717) is 5.69 Å². The number of anilines is 1. The van der Waals surface area contributed by atoms with Crippen molar-refractivity contribution >= 4 is 22.7 Å². The number of amides is 2. The number of pyridine rings is 1. The van der Waals surface area contributed by atoms with Gasteiger partial charge in [0.25, 0.3) is 0 Å². The second-order valence-corrected chi connectivity index (χ2v) is 7.05. The molecule has 4 rings (SSSR count). The zero-order chi connectivity index (χ0) is 18.6. The summed E-state index contributed by atoms with van der Waals surface area (Å²) in [6, 6.07) is 13.7. The maximum Gasteiger partial charge on any atom is 0.319 e. The molecule has 27 heavy (non-hydrogen) atoms. The molecule has 1 aliphatic rings. The number of fused-ring (bicyclic) bond motifs is 1. The second-order valence-electron chi connectivity index (χ2n) is 7.05. The minimum atomic E-state index is -0.181. The first-order chi connectivity index (χ1) is 13.2. The topological polar surface area (TPSA) is 70.4 Å². The Morgan fingerprint density at radius 2 is 2.07 bits per heavy atom. The van der Waals surface area contributed by atoms with Crippen LogP contribution in [0.3, 0.4) is 0 Å². The molecule has 0 unspecified atom stereocenters. The predicted molar refractivity (Wildman–Crippen MR) is 106 cm³/mol. The molecule has 6 nitrogen and oxygen atoms in total. The van der Waals surface area contributed by atoms with Crippen LogP contribution in [0.4, 0.5) is 10.5 Å². The van der Waals surface area contributed by atoms with Gasteiger partial charge in [0, 0.05) is 37.3 Å². The first-order valence-corrected chi connectivity index (χ1v) is 9.36. The zero-order valence-electron chi connectivity index (χ0n) is 15.4. The summed E-state index contributed by atoms with van der Waals surface area (Å²) in [6.07, 6.45) is 3.70. The van der Waals surface area contributed by atoms with E-state index in [1.54, 1.807) is 0 Å². The van der Waals surface area contributed by atoms with Gasteiger partial charge in [-0.15, -0.1) is 0 Å². The molecule has 3 heterocycles. The van der Waals surface area contributed by atoms with Crippen LogP contribution in [0.1, 0.15) is 24.3 Å². The fourth-order valence-corrected chi connectivity index (χ4v) is 3.59. The number of aryl methyl sites for hydroxylation is 1. The number of para-hydroxylation sites is 1. The van der Waals surface area contributed by atoms with Crippen molar-refractivity contribution in [3.05, 3.63) is 60.1 Å². The third-order valence-electron chi connectivity index (χ3n) is 4.95. The number of carbonyl (C=O) groups excluding carboxylic acids is 1. The van der Waals surface area contributed by atoms with Crippen LogP contribution in [0.2, 0.25) is 0 Å². The Bertz CT molecular complexity index is 914. The van der Waals surface area contributed by atoms with Crippen LogP contribution in [0.5, 0.6) is 0 Å². The van der Waals surface area contributed by atoms with Crippen LogP contribution in [0.15, 0.2) is 53.1 Å². The molecule has 0 spiro atoms. The molecule has 0 bridgehead atoms. The van der Waals surface area contributed by atoms with E-state index in [-0.39, 0.29) is 12.1 Å². The van der Waals surface area contributed by atoms with Gasteiger partial charge in [0.1, 0.15) is 5.76 Å². The molecule has 0 radical (unpaired) electrons. The number of hydrogen-bond donors (Lipinski definition) is 2. The average Bonchev–Trinajstić information content (AvgIpc) is 3.05. The maximum absolute atomic E-state index is 12.4. The minimum Gasteiger partial charge on any atom is -0.459 e. The Kier molecular flexibility index (Phi) is 5.07. The Hall–Kier alpha value is -2.86. The highest BCUT2D eigenvalue weighted by molar-refractivity contribution is 5.99. The number of nitrogens with one attached hydrogen (secondary N) is 2. The van der Waals surface area contributed by atoms with Crippen LogP contribution >= 0.6 is 0 Å². The van der Waals surface area contributed by atoms with Crippen LogP contribution in [0, 0.1) is 6.92 Å². The molecule has 1 aliphatic heterocycles. The summed E-state index contributed by atoms with van der Waals surface area (Å²) >= 11 is 0. The van der Waals surface area contributed by atoms with Gasteiger partial charge in [0.15, 0.2) is 5.58 Å². The fourth-order valence-electron chi connectivity index (χ4n) is 3.59. The summed E-state index contributed by atoms with van der Waals surface area (Å²) in [5.41, 5.74) is 2.50. The number of rotatable bonds is 4.